The third-order valence-electron chi connectivity index (χ3n) is 3.28. The summed E-state index contributed by atoms with van der Waals surface area (Å²) in [4.78, 5) is 26.1. The van der Waals surface area contributed by atoms with E-state index in [1.54, 1.807) is 12.1 Å². The zero-order valence-corrected chi connectivity index (χ0v) is 10.6. The van der Waals surface area contributed by atoms with Crippen LogP contribution in [0.1, 0.15) is 27.6 Å². The highest BCUT2D eigenvalue weighted by Crippen LogP contribution is 2.30. The summed E-state index contributed by atoms with van der Waals surface area (Å²) in [5.41, 5.74) is 1.97. The Labute approximate surface area is 111 Å². The molecular formula is C16H13NO2. The van der Waals surface area contributed by atoms with Gasteiger partial charge in [-0.15, -0.1) is 0 Å². The Balaban J connectivity index is 2.28. The number of rotatable bonds is 2. The normalized spacial score (nSPS) is 14.1. The van der Waals surface area contributed by atoms with Gasteiger partial charge in [0.15, 0.2) is 0 Å². The maximum atomic E-state index is 12.4. The first-order chi connectivity index (χ1) is 9.09. The maximum Gasteiger partial charge on any atom is 0.261 e. The van der Waals surface area contributed by atoms with E-state index in [1.807, 2.05) is 31.2 Å². The number of imide groups is 1. The molecule has 0 bridgehead atoms. The minimum absolute atomic E-state index is 0.239. The fraction of sp³-hybridized carbons (Fsp3) is 0.125. The Morgan fingerprint density at radius 2 is 1.58 bits per heavy atom. The summed E-state index contributed by atoms with van der Waals surface area (Å²) >= 11 is 0. The molecule has 1 aliphatic rings. The van der Waals surface area contributed by atoms with Gasteiger partial charge in [0, 0.05) is 23.1 Å². The molecule has 19 heavy (non-hydrogen) atoms. The highest BCUT2D eigenvalue weighted by Gasteiger charge is 2.32. The first kappa shape index (κ1) is 11.7. The molecule has 2 aromatic rings. The summed E-state index contributed by atoms with van der Waals surface area (Å²) in [6.45, 7) is 5.85. The standard InChI is InChI=1S/C16H13NO2/c1-10(2)9-17-15(18)12-7-3-5-11-6-4-8-13(14(11)12)16(17)19/h3-8H,1,9H2,2H3. The maximum absolute atomic E-state index is 12.4. The van der Waals surface area contributed by atoms with Crippen molar-refractivity contribution in [1.29, 1.82) is 0 Å². The highest BCUT2D eigenvalue weighted by molar-refractivity contribution is 6.25. The lowest BCUT2D eigenvalue weighted by atomic mass is 9.94. The van der Waals surface area contributed by atoms with E-state index >= 15 is 0 Å². The van der Waals surface area contributed by atoms with Crippen LogP contribution in [0.25, 0.3) is 10.8 Å². The first-order valence-electron chi connectivity index (χ1n) is 6.12. The van der Waals surface area contributed by atoms with E-state index in [0.29, 0.717) is 11.1 Å². The van der Waals surface area contributed by atoms with Gasteiger partial charge in [0.05, 0.1) is 0 Å². The third-order valence-corrected chi connectivity index (χ3v) is 3.28. The molecule has 0 aliphatic carbocycles. The van der Waals surface area contributed by atoms with Crippen molar-refractivity contribution in [3.63, 3.8) is 0 Å². The number of nitrogens with zero attached hydrogens (tertiary/aromatic N) is 1. The van der Waals surface area contributed by atoms with Gasteiger partial charge in [-0.25, -0.2) is 0 Å². The van der Waals surface area contributed by atoms with Gasteiger partial charge in [0.2, 0.25) is 0 Å². The molecule has 0 atom stereocenters. The van der Waals surface area contributed by atoms with Gasteiger partial charge in [-0.05, 0) is 24.4 Å². The number of hydrogen-bond donors (Lipinski definition) is 0. The summed E-state index contributed by atoms with van der Waals surface area (Å²) in [6.07, 6.45) is 0. The minimum atomic E-state index is -0.239. The average molecular weight is 251 g/mol. The van der Waals surface area contributed by atoms with E-state index in [0.717, 1.165) is 16.3 Å². The molecule has 0 unspecified atom stereocenters. The molecule has 0 saturated heterocycles. The van der Waals surface area contributed by atoms with E-state index in [4.69, 9.17) is 0 Å². The summed E-state index contributed by atoms with van der Waals surface area (Å²) in [6, 6.07) is 11.1. The van der Waals surface area contributed by atoms with Crippen molar-refractivity contribution in [3.8, 4) is 0 Å². The van der Waals surface area contributed by atoms with Crippen molar-refractivity contribution in [3.05, 3.63) is 59.7 Å². The Bertz CT molecular complexity index is 680. The zero-order valence-electron chi connectivity index (χ0n) is 10.6. The molecule has 3 rings (SSSR count). The van der Waals surface area contributed by atoms with Crippen LogP contribution < -0.4 is 0 Å². The Morgan fingerprint density at radius 3 is 2.05 bits per heavy atom. The Kier molecular flexibility index (Phi) is 2.49. The van der Waals surface area contributed by atoms with Crippen LogP contribution >= 0.6 is 0 Å². The lowest BCUT2D eigenvalue weighted by molar-refractivity contribution is 0.0625. The monoisotopic (exact) mass is 251 g/mol. The predicted octanol–water partition coefficient (Wildman–Crippen LogP) is 3.01. The number of hydrogen-bond acceptors (Lipinski definition) is 2. The number of amides is 2. The van der Waals surface area contributed by atoms with Gasteiger partial charge in [-0.3, -0.25) is 14.5 Å². The van der Waals surface area contributed by atoms with Crippen LogP contribution in [0.15, 0.2) is 48.6 Å². The molecule has 1 heterocycles. The van der Waals surface area contributed by atoms with Crippen molar-refractivity contribution < 1.29 is 9.59 Å². The number of benzene rings is 2. The predicted molar refractivity (Wildman–Crippen MR) is 74.1 cm³/mol. The molecule has 1 aliphatic heterocycles. The Morgan fingerprint density at radius 1 is 1.05 bits per heavy atom. The fourth-order valence-electron chi connectivity index (χ4n) is 2.49. The molecule has 0 N–H and O–H groups in total. The zero-order chi connectivity index (χ0) is 13.6. The molecule has 2 amide bonds. The molecule has 0 saturated carbocycles. The first-order valence-corrected chi connectivity index (χ1v) is 6.12. The lowest BCUT2D eigenvalue weighted by Crippen LogP contribution is -2.41. The summed E-state index contributed by atoms with van der Waals surface area (Å²) in [5, 5.41) is 1.68. The van der Waals surface area contributed by atoms with Crippen LogP contribution in [0.2, 0.25) is 0 Å². The summed E-state index contributed by atoms with van der Waals surface area (Å²) in [5.74, 6) is -0.477. The second kappa shape index (κ2) is 4.05. The molecule has 3 heteroatoms. The smallest absolute Gasteiger partial charge is 0.261 e. The van der Waals surface area contributed by atoms with E-state index in [-0.39, 0.29) is 18.4 Å². The van der Waals surface area contributed by atoms with Crippen molar-refractivity contribution in [2.75, 3.05) is 6.54 Å². The Hall–Kier alpha value is -2.42. The largest absolute Gasteiger partial charge is 0.270 e. The van der Waals surface area contributed by atoms with Crippen LogP contribution in [0, 0.1) is 0 Å². The average Bonchev–Trinajstić information content (AvgIpc) is 2.40. The van der Waals surface area contributed by atoms with Gasteiger partial charge < -0.3 is 0 Å². The highest BCUT2D eigenvalue weighted by atomic mass is 16.2. The molecule has 2 aromatic carbocycles. The second-order valence-electron chi connectivity index (χ2n) is 4.86. The third kappa shape index (κ3) is 1.66. The lowest BCUT2D eigenvalue weighted by Gasteiger charge is -2.27. The van der Waals surface area contributed by atoms with Crippen molar-refractivity contribution in [2.45, 2.75) is 6.92 Å². The van der Waals surface area contributed by atoms with Crippen LogP contribution in [0.4, 0.5) is 0 Å². The van der Waals surface area contributed by atoms with E-state index in [2.05, 4.69) is 6.58 Å². The van der Waals surface area contributed by atoms with Crippen LogP contribution in [0.3, 0.4) is 0 Å². The summed E-state index contributed by atoms with van der Waals surface area (Å²) in [7, 11) is 0. The molecule has 0 aromatic heterocycles. The van der Waals surface area contributed by atoms with E-state index in [1.165, 1.54) is 4.90 Å². The van der Waals surface area contributed by atoms with Crippen molar-refractivity contribution in [1.82, 2.24) is 4.90 Å². The SMILES string of the molecule is C=C(C)CN1C(=O)c2cccc3cccc(c23)C1=O. The quantitative estimate of drug-likeness (QED) is 0.607. The second-order valence-corrected chi connectivity index (χ2v) is 4.86. The van der Waals surface area contributed by atoms with E-state index < -0.39 is 0 Å². The fourth-order valence-corrected chi connectivity index (χ4v) is 2.49. The minimum Gasteiger partial charge on any atom is -0.270 e. The molecule has 94 valence electrons. The van der Waals surface area contributed by atoms with Gasteiger partial charge >= 0.3 is 0 Å². The molecule has 0 fully saturated rings. The number of carbonyl (C=O) groups excluding carboxylic acids is 2. The van der Waals surface area contributed by atoms with Gasteiger partial charge in [0.1, 0.15) is 0 Å². The van der Waals surface area contributed by atoms with Gasteiger partial charge in [-0.1, -0.05) is 36.4 Å². The van der Waals surface area contributed by atoms with E-state index in [9.17, 15) is 9.59 Å². The van der Waals surface area contributed by atoms with Crippen molar-refractivity contribution in [2.24, 2.45) is 0 Å². The molecule has 0 radical (unpaired) electrons. The topological polar surface area (TPSA) is 37.4 Å². The summed E-state index contributed by atoms with van der Waals surface area (Å²) < 4.78 is 0. The van der Waals surface area contributed by atoms with Gasteiger partial charge in [-0.2, -0.15) is 0 Å². The number of carbonyl (C=O) groups is 2. The van der Waals surface area contributed by atoms with Crippen LogP contribution in [-0.2, 0) is 0 Å². The van der Waals surface area contributed by atoms with Crippen LogP contribution in [-0.4, -0.2) is 23.3 Å². The van der Waals surface area contributed by atoms with Crippen LogP contribution in [0.5, 0.6) is 0 Å². The van der Waals surface area contributed by atoms with Crippen molar-refractivity contribution >= 4 is 22.6 Å². The molecule has 3 nitrogen and oxygen atoms in total. The molecule has 0 spiro atoms. The molecular weight excluding hydrogens is 238 g/mol. The van der Waals surface area contributed by atoms with Gasteiger partial charge in [0.25, 0.3) is 11.8 Å².